The number of methoxy groups -OCH3 is 1. The quantitative estimate of drug-likeness (QED) is 0.661. The fourth-order valence-corrected chi connectivity index (χ4v) is 2.79. The minimum atomic E-state index is -0.714. The Bertz CT molecular complexity index is 805. The number of ether oxygens (including phenoxy) is 1. The zero-order valence-corrected chi connectivity index (χ0v) is 13.2. The smallest absolute Gasteiger partial charge is 0.313 e. The summed E-state index contributed by atoms with van der Waals surface area (Å²) in [5.41, 5.74) is 0.538. The minimum Gasteiger partial charge on any atom is -0.469 e. The molecule has 124 valence electrons. The summed E-state index contributed by atoms with van der Waals surface area (Å²) in [6.45, 7) is 0.581. The number of hydrogen-bond acceptors (Lipinski definition) is 5. The van der Waals surface area contributed by atoms with Crippen LogP contribution in [0.25, 0.3) is 10.8 Å². The van der Waals surface area contributed by atoms with Crippen LogP contribution in [0.2, 0.25) is 0 Å². The van der Waals surface area contributed by atoms with E-state index in [-0.39, 0.29) is 18.4 Å². The number of carbonyl (C=O) groups is 3. The Balaban J connectivity index is 1.65. The second kappa shape index (κ2) is 6.66. The molecule has 2 heterocycles. The third kappa shape index (κ3) is 3.19. The first-order valence-electron chi connectivity index (χ1n) is 7.60. The Hall–Kier alpha value is -2.96. The number of aromatic nitrogens is 1. The van der Waals surface area contributed by atoms with Gasteiger partial charge >= 0.3 is 17.8 Å². The molecule has 1 aliphatic heterocycles. The molecule has 1 unspecified atom stereocenters. The highest BCUT2D eigenvalue weighted by Crippen LogP contribution is 2.20. The molecule has 1 aromatic heterocycles. The van der Waals surface area contributed by atoms with Crippen molar-refractivity contribution >= 4 is 34.2 Å². The number of carbonyl (C=O) groups excluding carboxylic acids is 3. The maximum absolute atomic E-state index is 12.2. The molecule has 0 spiro atoms. The van der Waals surface area contributed by atoms with Gasteiger partial charge in [-0.1, -0.05) is 6.07 Å². The van der Waals surface area contributed by atoms with Crippen molar-refractivity contribution < 1.29 is 19.1 Å². The number of pyridine rings is 1. The van der Waals surface area contributed by atoms with E-state index in [0.717, 1.165) is 10.8 Å². The minimum absolute atomic E-state index is 0.211. The number of fused-ring (bicyclic) bond motifs is 1. The zero-order chi connectivity index (χ0) is 17.1. The van der Waals surface area contributed by atoms with Crippen molar-refractivity contribution in [3.8, 4) is 0 Å². The molecule has 7 nitrogen and oxygen atoms in total. The molecule has 2 aromatic rings. The molecule has 3 rings (SSSR count). The fraction of sp³-hybridized carbons (Fsp3) is 0.294. The molecule has 1 saturated heterocycles. The molecule has 2 amide bonds. The van der Waals surface area contributed by atoms with E-state index < -0.39 is 11.8 Å². The van der Waals surface area contributed by atoms with E-state index in [4.69, 9.17) is 0 Å². The van der Waals surface area contributed by atoms with E-state index in [9.17, 15) is 14.4 Å². The molecule has 7 heteroatoms. The highest BCUT2D eigenvalue weighted by atomic mass is 16.5. The topological polar surface area (TPSA) is 88.6 Å². The van der Waals surface area contributed by atoms with Crippen LogP contribution in [-0.4, -0.2) is 47.9 Å². The van der Waals surface area contributed by atoms with Crippen LogP contribution in [0, 0.1) is 5.92 Å². The van der Waals surface area contributed by atoms with Gasteiger partial charge in [-0.3, -0.25) is 19.4 Å². The van der Waals surface area contributed by atoms with Gasteiger partial charge in [0.2, 0.25) is 0 Å². The summed E-state index contributed by atoms with van der Waals surface area (Å²) in [4.78, 5) is 41.3. The Morgan fingerprint density at radius 3 is 2.88 bits per heavy atom. The van der Waals surface area contributed by atoms with Crippen LogP contribution in [0.15, 0.2) is 36.7 Å². The van der Waals surface area contributed by atoms with Crippen LogP contribution in [-0.2, 0) is 19.1 Å². The van der Waals surface area contributed by atoms with Gasteiger partial charge in [0.25, 0.3) is 0 Å². The molecule has 1 aromatic carbocycles. The normalized spacial score (nSPS) is 16.9. The highest BCUT2D eigenvalue weighted by Gasteiger charge is 2.34. The SMILES string of the molecule is COC(=O)C1CCN(C(=O)C(=O)Nc2ccc3cnccc3c2)C1. The van der Waals surface area contributed by atoms with Gasteiger partial charge in [0.15, 0.2) is 0 Å². The average Bonchev–Trinajstić information content (AvgIpc) is 3.10. The van der Waals surface area contributed by atoms with Gasteiger partial charge < -0.3 is 15.0 Å². The second-order valence-electron chi connectivity index (χ2n) is 5.65. The van der Waals surface area contributed by atoms with Crippen molar-refractivity contribution in [2.24, 2.45) is 5.92 Å². The third-order valence-corrected chi connectivity index (χ3v) is 4.10. The Morgan fingerprint density at radius 1 is 1.25 bits per heavy atom. The predicted molar refractivity (Wildman–Crippen MR) is 87.1 cm³/mol. The van der Waals surface area contributed by atoms with E-state index in [1.165, 1.54) is 12.0 Å². The molecule has 1 aliphatic rings. The number of nitrogens with one attached hydrogen (secondary N) is 1. The average molecular weight is 327 g/mol. The van der Waals surface area contributed by atoms with Crippen molar-refractivity contribution in [1.29, 1.82) is 0 Å². The lowest BCUT2D eigenvalue weighted by molar-refractivity contribution is -0.146. The number of benzene rings is 1. The molecular formula is C17H17N3O4. The monoisotopic (exact) mass is 327 g/mol. The van der Waals surface area contributed by atoms with E-state index >= 15 is 0 Å². The lowest BCUT2D eigenvalue weighted by Gasteiger charge is -2.15. The van der Waals surface area contributed by atoms with Crippen molar-refractivity contribution in [3.05, 3.63) is 36.7 Å². The number of nitrogens with zero attached hydrogens (tertiary/aromatic N) is 2. The molecule has 1 fully saturated rings. The van der Waals surface area contributed by atoms with Gasteiger partial charge in [-0.15, -0.1) is 0 Å². The maximum Gasteiger partial charge on any atom is 0.313 e. The van der Waals surface area contributed by atoms with Gasteiger partial charge in [-0.05, 0) is 30.0 Å². The number of amides is 2. The number of rotatable bonds is 2. The molecule has 0 bridgehead atoms. The standard InChI is InChI=1S/C17H17N3O4/c1-24-17(23)13-5-7-20(10-13)16(22)15(21)19-14-3-2-12-9-18-6-4-11(12)8-14/h2-4,6,8-9,13H,5,7,10H2,1H3,(H,19,21). The molecule has 0 saturated carbocycles. The summed E-state index contributed by atoms with van der Waals surface area (Å²) in [5, 5.41) is 4.47. The zero-order valence-electron chi connectivity index (χ0n) is 13.2. The highest BCUT2D eigenvalue weighted by molar-refractivity contribution is 6.39. The van der Waals surface area contributed by atoms with E-state index in [0.29, 0.717) is 18.7 Å². The molecular weight excluding hydrogens is 310 g/mol. The Morgan fingerprint density at radius 2 is 2.08 bits per heavy atom. The number of likely N-dealkylation sites (tertiary alicyclic amines) is 1. The second-order valence-corrected chi connectivity index (χ2v) is 5.65. The van der Waals surface area contributed by atoms with E-state index in [1.807, 2.05) is 12.1 Å². The lowest BCUT2D eigenvalue weighted by Crippen LogP contribution is -2.38. The first kappa shape index (κ1) is 15.9. The summed E-state index contributed by atoms with van der Waals surface area (Å²) in [5.74, 6) is -2.07. The van der Waals surface area contributed by atoms with E-state index in [1.54, 1.807) is 24.5 Å². The lowest BCUT2D eigenvalue weighted by atomic mass is 10.1. The summed E-state index contributed by atoms with van der Waals surface area (Å²) in [6.07, 6.45) is 3.90. The van der Waals surface area contributed by atoms with Crippen molar-refractivity contribution in [1.82, 2.24) is 9.88 Å². The Labute approximate surface area is 138 Å². The number of esters is 1. The van der Waals surface area contributed by atoms with Crippen LogP contribution >= 0.6 is 0 Å². The first-order valence-corrected chi connectivity index (χ1v) is 7.60. The molecule has 0 aliphatic carbocycles. The summed E-state index contributed by atoms with van der Waals surface area (Å²) >= 11 is 0. The number of hydrogen-bond donors (Lipinski definition) is 1. The van der Waals surface area contributed by atoms with Gasteiger partial charge in [0, 0.05) is 36.6 Å². The van der Waals surface area contributed by atoms with Crippen LogP contribution in [0.3, 0.4) is 0 Å². The van der Waals surface area contributed by atoms with Crippen molar-refractivity contribution in [3.63, 3.8) is 0 Å². The van der Waals surface area contributed by atoms with Gasteiger partial charge in [0.1, 0.15) is 0 Å². The van der Waals surface area contributed by atoms with Gasteiger partial charge in [0.05, 0.1) is 13.0 Å². The summed E-state index contributed by atoms with van der Waals surface area (Å²) in [6, 6.07) is 7.15. The van der Waals surface area contributed by atoms with Crippen LogP contribution < -0.4 is 5.32 Å². The number of anilines is 1. The van der Waals surface area contributed by atoms with Gasteiger partial charge in [-0.25, -0.2) is 0 Å². The fourth-order valence-electron chi connectivity index (χ4n) is 2.79. The van der Waals surface area contributed by atoms with Crippen molar-refractivity contribution in [2.45, 2.75) is 6.42 Å². The predicted octanol–water partition coefficient (Wildman–Crippen LogP) is 1.19. The molecule has 1 N–H and O–H groups in total. The Kier molecular flexibility index (Phi) is 4.41. The van der Waals surface area contributed by atoms with Crippen LogP contribution in [0.5, 0.6) is 0 Å². The summed E-state index contributed by atoms with van der Waals surface area (Å²) in [7, 11) is 1.31. The van der Waals surface area contributed by atoms with Crippen LogP contribution in [0.4, 0.5) is 5.69 Å². The van der Waals surface area contributed by atoms with E-state index in [2.05, 4.69) is 15.0 Å². The van der Waals surface area contributed by atoms with Crippen molar-refractivity contribution in [2.75, 3.05) is 25.5 Å². The third-order valence-electron chi connectivity index (χ3n) is 4.10. The molecule has 0 radical (unpaired) electrons. The molecule has 24 heavy (non-hydrogen) atoms. The maximum atomic E-state index is 12.2. The molecule has 1 atom stereocenters. The first-order chi connectivity index (χ1) is 11.6. The van der Waals surface area contributed by atoms with Crippen LogP contribution in [0.1, 0.15) is 6.42 Å². The summed E-state index contributed by atoms with van der Waals surface area (Å²) < 4.78 is 4.68. The largest absolute Gasteiger partial charge is 0.469 e. The van der Waals surface area contributed by atoms with Gasteiger partial charge in [-0.2, -0.15) is 0 Å².